The van der Waals surface area contributed by atoms with Crippen LogP contribution in [0, 0.1) is 5.41 Å². The number of nitrogens with zero attached hydrogens (tertiary/aromatic N) is 1. The van der Waals surface area contributed by atoms with E-state index in [2.05, 4.69) is 20.8 Å². The molecule has 94 valence electrons. The molecule has 0 N–H and O–H groups in total. The Bertz CT molecular complexity index is 345. The minimum atomic E-state index is -0.390. The zero-order valence-corrected chi connectivity index (χ0v) is 10.7. The number of hydrogen-bond donors (Lipinski definition) is 0. The summed E-state index contributed by atoms with van der Waals surface area (Å²) in [4.78, 5) is 35.0. The number of hydrogen-bond acceptors (Lipinski definition) is 3. The standard InChI is InChI=1S/C13H19NO3/c1-13(2,3)8-4-5-10(15)9-14-11(16)6-7-12(14)17/h6-7H,4-5,8-9H2,1-3H3. The first kappa shape index (κ1) is 13.6. The van der Waals surface area contributed by atoms with E-state index in [-0.39, 0.29) is 29.6 Å². The summed E-state index contributed by atoms with van der Waals surface area (Å²) in [5, 5.41) is 0. The van der Waals surface area contributed by atoms with E-state index in [1.165, 1.54) is 12.2 Å². The Morgan fingerprint density at radius 1 is 1.18 bits per heavy atom. The fraction of sp³-hybridized carbons (Fsp3) is 0.615. The number of ketones is 1. The molecule has 17 heavy (non-hydrogen) atoms. The molecule has 4 nitrogen and oxygen atoms in total. The summed E-state index contributed by atoms with van der Waals surface area (Å²) in [6.45, 7) is 6.27. The molecule has 0 unspecified atom stereocenters. The lowest BCUT2D eigenvalue weighted by atomic mass is 9.89. The summed E-state index contributed by atoms with van der Waals surface area (Å²) < 4.78 is 0. The first-order valence-corrected chi connectivity index (χ1v) is 5.85. The molecule has 0 aromatic heterocycles. The predicted molar refractivity (Wildman–Crippen MR) is 64.2 cm³/mol. The van der Waals surface area contributed by atoms with Crippen LogP contribution in [-0.2, 0) is 14.4 Å². The van der Waals surface area contributed by atoms with Crippen molar-refractivity contribution in [1.29, 1.82) is 0 Å². The van der Waals surface area contributed by atoms with Crippen LogP contribution in [0.25, 0.3) is 0 Å². The first-order valence-electron chi connectivity index (χ1n) is 5.85. The van der Waals surface area contributed by atoms with Gasteiger partial charge in [-0.2, -0.15) is 0 Å². The Balaban J connectivity index is 2.31. The molecular weight excluding hydrogens is 218 g/mol. The number of carbonyl (C=O) groups is 3. The Morgan fingerprint density at radius 2 is 1.71 bits per heavy atom. The second-order valence-corrected chi connectivity index (χ2v) is 5.55. The van der Waals surface area contributed by atoms with Crippen molar-refractivity contribution in [2.24, 2.45) is 5.41 Å². The number of imide groups is 1. The summed E-state index contributed by atoms with van der Waals surface area (Å²) in [7, 11) is 0. The van der Waals surface area contributed by atoms with Gasteiger partial charge in [-0.3, -0.25) is 19.3 Å². The van der Waals surface area contributed by atoms with Crippen LogP contribution < -0.4 is 0 Å². The SMILES string of the molecule is CC(C)(C)CCCC(=O)CN1C(=O)C=CC1=O. The van der Waals surface area contributed by atoms with Crippen LogP contribution in [0.5, 0.6) is 0 Å². The smallest absolute Gasteiger partial charge is 0.254 e. The van der Waals surface area contributed by atoms with Crippen molar-refractivity contribution in [2.75, 3.05) is 6.54 Å². The van der Waals surface area contributed by atoms with Gasteiger partial charge in [0.2, 0.25) is 0 Å². The van der Waals surface area contributed by atoms with Crippen LogP contribution in [-0.4, -0.2) is 29.0 Å². The topological polar surface area (TPSA) is 54.5 Å². The molecule has 2 amide bonds. The summed E-state index contributed by atoms with van der Waals surface area (Å²) >= 11 is 0. The van der Waals surface area contributed by atoms with E-state index >= 15 is 0 Å². The van der Waals surface area contributed by atoms with Crippen molar-refractivity contribution in [3.05, 3.63) is 12.2 Å². The minimum absolute atomic E-state index is 0.0559. The van der Waals surface area contributed by atoms with E-state index in [0.29, 0.717) is 6.42 Å². The van der Waals surface area contributed by atoms with Crippen molar-refractivity contribution >= 4 is 17.6 Å². The van der Waals surface area contributed by atoms with Crippen molar-refractivity contribution in [3.8, 4) is 0 Å². The number of amides is 2. The summed E-state index contributed by atoms with van der Waals surface area (Å²) in [5.74, 6) is -0.835. The molecule has 0 saturated heterocycles. The van der Waals surface area contributed by atoms with Crippen LogP contribution in [0.15, 0.2) is 12.2 Å². The summed E-state index contributed by atoms with van der Waals surface area (Å²) in [6, 6.07) is 0. The van der Waals surface area contributed by atoms with Gasteiger partial charge in [0.15, 0.2) is 5.78 Å². The molecule has 4 heteroatoms. The van der Waals surface area contributed by atoms with Crippen molar-refractivity contribution in [1.82, 2.24) is 4.90 Å². The third-order valence-electron chi connectivity index (χ3n) is 2.62. The number of rotatable bonds is 5. The fourth-order valence-corrected chi connectivity index (χ4v) is 1.66. The summed E-state index contributed by atoms with van der Waals surface area (Å²) in [6.07, 6.45) is 4.58. The molecule has 1 aliphatic rings. The molecule has 0 aliphatic carbocycles. The molecule has 0 bridgehead atoms. The largest absolute Gasteiger partial charge is 0.298 e. The Labute approximate surface area is 102 Å². The normalized spacial score (nSPS) is 15.8. The maximum atomic E-state index is 11.6. The van der Waals surface area contributed by atoms with Gasteiger partial charge >= 0.3 is 0 Å². The van der Waals surface area contributed by atoms with Gasteiger partial charge in [0.05, 0.1) is 6.54 Å². The lowest BCUT2D eigenvalue weighted by Gasteiger charge is -2.18. The molecule has 0 radical (unpaired) electrons. The van der Waals surface area contributed by atoms with Crippen LogP contribution in [0.2, 0.25) is 0 Å². The molecule has 0 aromatic carbocycles. The highest BCUT2D eigenvalue weighted by atomic mass is 16.2. The quantitative estimate of drug-likeness (QED) is 0.684. The molecular formula is C13H19NO3. The van der Waals surface area contributed by atoms with Gasteiger partial charge in [-0.1, -0.05) is 20.8 Å². The Morgan fingerprint density at radius 3 is 2.18 bits per heavy atom. The lowest BCUT2D eigenvalue weighted by Crippen LogP contribution is -2.35. The zero-order chi connectivity index (χ0) is 13.1. The van der Waals surface area contributed by atoms with Gasteiger partial charge in [-0.05, 0) is 18.3 Å². The van der Waals surface area contributed by atoms with E-state index in [1.54, 1.807) is 0 Å². The number of carbonyl (C=O) groups excluding carboxylic acids is 3. The van der Waals surface area contributed by atoms with Gasteiger partial charge in [0.1, 0.15) is 0 Å². The van der Waals surface area contributed by atoms with Crippen LogP contribution in [0.1, 0.15) is 40.0 Å². The van der Waals surface area contributed by atoms with E-state index in [0.717, 1.165) is 17.7 Å². The van der Waals surface area contributed by atoms with E-state index in [4.69, 9.17) is 0 Å². The van der Waals surface area contributed by atoms with Crippen molar-refractivity contribution in [3.63, 3.8) is 0 Å². The Hall–Kier alpha value is -1.45. The second kappa shape index (κ2) is 5.25. The lowest BCUT2D eigenvalue weighted by molar-refractivity contribution is -0.140. The van der Waals surface area contributed by atoms with Gasteiger partial charge in [0.25, 0.3) is 11.8 Å². The monoisotopic (exact) mass is 237 g/mol. The maximum Gasteiger partial charge on any atom is 0.254 e. The molecule has 0 spiro atoms. The highest BCUT2D eigenvalue weighted by molar-refractivity contribution is 6.14. The van der Waals surface area contributed by atoms with E-state index < -0.39 is 0 Å². The summed E-state index contributed by atoms with van der Waals surface area (Å²) in [5.41, 5.74) is 0.209. The average Bonchev–Trinajstić information content (AvgIpc) is 2.47. The highest BCUT2D eigenvalue weighted by Crippen LogP contribution is 2.21. The average molecular weight is 237 g/mol. The molecule has 1 heterocycles. The van der Waals surface area contributed by atoms with Crippen LogP contribution >= 0.6 is 0 Å². The van der Waals surface area contributed by atoms with Gasteiger partial charge in [-0.15, -0.1) is 0 Å². The van der Waals surface area contributed by atoms with Crippen molar-refractivity contribution in [2.45, 2.75) is 40.0 Å². The third-order valence-corrected chi connectivity index (χ3v) is 2.62. The van der Waals surface area contributed by atoms with Gasteiger partial charge < -0.3 is 0 Å². The molecule has 0 atom stereocenters. The van der Waals surface area contributed by atoms with E-state index in [1.807, 2.05) is 0 Å². The molecule has 1 rings (SSSR count). The van der Waals surface area contributed by atoms with Crippen molar-refractivity contribution < 1.29 is 14.4 Å². The van der Waals surface area contributed by atoms with Crippen LogP contribution in [0.3, 0.4) is 0 Å². The fourth-order valence-electron chi connectivity index (χ4n) is 1.66. The maximum absolute atomic E-state index is 11.6. The van der Waals surface area contributed by atoms with Gasteiger partial charge in [0, 0.05) is 18.6 Å². The minimum Gasteiger partial charge on any atom is -0.298 e. The predicted octanol–water partition coefficient (Wildman–Crippen LogP) is 1.70. The molecule has 1 aliphatic heterocycles. The molecule has 0 fully saturated rings. The molecule has 0 aromatic rings. The number of Topliss-reactive ketones (excluding diaryl/α,β-unsaturated/α-hetero) is 1. The first-order chi connectivity index (χ1) is 7.79. The van der Waals surface area contributed by atoms with Gasteiger partial charge in [-0.25, -0.2) is 0 Å². The van der Waals surface area contributed by atoms with E-state index in [9.17, 15) is 14.4 Å². The third kappa shape index (κ3) is 4.51. The second-order valence-electron chi connectivity index (χ2n) is 5.55. The van der Waals surface area contributed by atoms with Crippen LogP contribution in [0.4, 0.5) is 0 Å². The highest BCUT2D eigenvalue weighted by Gasteiger charge is 2.25. The zero-order valence-electron chi connectivity index (χ0n) is 10.7. The Kier molecular flexibility index (Phi) is 4.21. The molecule has 0 saturated carbocycles.